The van der Waals surface area contributed by atoms with Crippen LogP contribution in [0.4, 0.5) is 26.3 Å². The Hall–Kier alpha value is -1.02. The molecule has 0 amide bonds. The predicted octanol–water partition coefficient (Wildman–Crippen LogP) is 2.78. The Balaban J connectivity index is 3.41. The topological polar surface area (TPSA) is 9.23 Å². The van der Waals surface area contributed by atoms with Gasteiger partial charge in [0.15, 0.2) is 23.3 Å². The Morgan fingerprint density at radius 3 is 1.61 bits per heavy atom. The van der Waals surface area contributed by atoms with Crippen LogP contribution in [0.1, 0.15) is 0 Å². The van der Waals surface area contributed by atoms with Crippen molar-refractivity contribution in [3.63, 3.8) is 0 Å². The molecule has 0 radical (unpaired) electrons. The van der Waals surface area contributed by atoms with Crippen molar-refractivity contribution >= 4 is 13.5 Å². The molecule has 1 aromatic carbocycles. The van der Waals surface area contributed by atoms with Crippen molar-refractivity contribution in [2.45, 2.75) is 13.1 Å². The summed E-state index contributed by atoms with van der Waals surface area (Å²) in [7, 11) is -3.41. The van der Waals surface area contributed by atoms with E-state index in [4.69, 9.17) is 4.43 Å². The van der Waals surface area contributed by atoms with Crippen molar-refractivity contribution in [1.82, 2.24) is 0 Å². The van der Waals surface area contributed by atoms with Crippen molar-refractivity contribution in [3.8, 4) is 0 Å². The van der Waals surface area contributed by atoms with Gasteiger partial charge in [-0.1, -0.05) is 0 Å². The van der Waals surface area contributed by atoms with E-state index in [1.807, 2.05) is 0 Å². The zero-order chi connectivity index (χ0) is 14.1. The summed E-state index contributed by atoms with van der Waals surface area (Å²) < 4.78 is 82.6. The number of hydrogen-bond donors (Lipinski definition) is 0. The van der Waals surface area contributed by atoms with E-state index in [0.29, 0.717) is 0 Å². The number of rotatable bonds is 4. The summed E-state index contributed by atoms with van der Waals surface area (Å²) in [4.78, 5) is 0. The molecule has 0 aromatic heterocycles. The molecule has 0 fully saturated rings. The fraction of sp³-hybridized carbons (Fsp3) is 0.400. The SMILES string of the molecule is C[Si](C)(OCCF)c1c(F)c(F)c(F)c(F)c1F. The maximum atomic E-state index is 13.5. The van der Waals surface area contributed by atoms with Gasteiger partial charge in [0.2, 0.25) is 14.1 Å². The highest BCUT2D eigenvalue weighted by molar-refractivity contribution is 6.84. The Morgan fingerprint density at radius 2 is 1.22 bits per heavy atom. The van der Waals surface area contributed by atoms with E-state index < -0.39 is 55.9 Å². The summed E-state index contributed by atoms with van der Waals surface area (Å²) in [6, 6.07) is 0. The normalized spacial score (nSPS) is 12.0. The average molecular weight is 288 g/mol. The van der Waals surface area contributed by atoms with Gasteiger partial charge in [-0.05, 0) is 13.1 Å². The van der Waals surface area contributed by atoms with E-state index in [0.717, 1.165) is 0 Å². The fourth-order valence-corrected chi connectivity index (χ4v) is 3.51. The first-order chi connectivity index (χ1) is 8.24. The van der Waals surface area contributed by atoms with E-state index in [2.05, 4.69) is 0 Å². The molecule has 0 spiro atoms. The zero-order valence-corrected chi connectivity index (χ0v) is 10.6. The summed E-state index contributed by atoms with van der Waals surface area (Å²) in [6.45, 7) is 1.08. The van der Waals surface area contributed by atoms with Crippen LogP contribution >= 0.6 is 0 Å². The number of halogens is 6. The number of hydrogen-bond acceptors (Lipinski definition) is 1. The Morgan fingerprint density at radius 1 is 0.833 bits per heavy atom. The van der Waals surface area contributed by atoms with E-state index in [1.165, 1.54) is 13.1 Å². The highest BCUT2D eigenvalue weighted by Gasteiger charge is 2.37. The van der Waals surface area contributed by atoms with Gasteiger partial charge < -0.3 is 4.43 Å². The molecule has 1 nitrogen and oxygen atoms in total. The number of benzene rings is 1. The standard InChI is InChI=1S/C10H10F6OSi/c1-18(2,17-4-3-11)10-8(15)6(13)5(12)7(14)9(10)16/h3-4H2,1-2H3. The van der Waals surface area contributed by atoms with Gasteiger partial charge in [0.1, 0.15) is 6.67 Å². The van der Waals surface area contributed by atoms with E-state index in [9.17, 15) is 26.3 Å². The lowest BCUT2D eigenvalue weighted by atomic mass is 10.3. The average Bonchev–Trinajstić information content (AvgIpc) is 2.31. The highest BCUT2D eigenvalue weighted by Crippen LogP contribution is 2.20. The van der Waals surface area contributed by atoms with E-state index >= 15 is 0 Å². The molecule has 0 N–H and O–H groups in total. The van der Waals surface area contributed by atoms with Crippen molar-refractivity contribution < 1.29 is 30.8 Å². The third-order valence-electron chi connectivity index (χ3n) is 2.35. The molecular weight excluding hydrogens is 278 g/mol. The van der Waals surface area contributed by atoms with Gasteiger partial charge in [0.05, 0.1) is 6.61 Å². The molecule has 0 atom stereocenters. The second-order valence-electron chi connectivity index (χ2n) is 3.99. The van der Waals surface area contributed by atoms with E-state index in [-0.39, 0.29) is 0 Å². The van der Waals surface area contributed by atoms with Crippen LogP contribution in [0.15, 0.2) is 0 Å². The van der Waals surface area contributed by atoms with Crippen LogP contribution in [0.3, 0.4) is 0 Å². The second-order valence-corrected chi connectivity index (χ2v) is 7.80. The first kappa shape index (κ1) is 15.0. The predicted molar refractivity (Wildman–Crippen MR) is 55.3 cm³/mol. The van der Waals surface area contributed by atoms with Gasteiger partial charge in [0, 0.05) is 5.19 Å². The molecular formula is C10H10F6OSi. The van der Waals surface area contributed by atoms with Crippen molar-refractivity contribution in [3.05, 3.63) is 29.1 Å². The Labute approximate surface area is 101 Å². The van der Waals surface area contributed by atoms with Crippen LogP contribution in [0, 0.1) is 29.1 Å². The van der Waals surface area contributed by atoms with Crippen LogP contribution in [0.5, 0.6) is 0 Å². The van der Waals surface area contributed by atoms with Gasteiger partial charge in [0.25, 0.3) is 0 Å². The minimum Gasteiger partial charge on any atom is -0.410 e. The molecule has 0 aliphatic carbocycles. The van der Waals surface area contributed by atoms with E-state index in [1.54, 1.807) is 0 Å². The molecule has 0 aliphatic rings. The third kappa shape index (κ3) is 2.53. The fourth-order valence-electron chi connectivity index (χ4n) is 1.50. The third-order valence-corrected chi connectivity index (χ3v) is 4.92. The van der Waals surface area contributed by atoms with Crippen LogP contribution in [0.25, 0.3) is 0 Å². The molecule has 1 aromatic rings. The lowest BCUT2D eigenvalue weighted by molar-refractivity contribution is 0.268. The zero-order valence-electron chi connectivity index (χ0n) is 9.59. The lowest BCUT2D eigenvalue weighted by Crippen LogP contribution is -2.50. The van der Waals surface area contributed by atoms with Crippen molar-refractivity contribution in [1.29, 1.82) is 0 Å². The Bertz CT molecular complexity index is 433. The second kappa shape index (κ2) is 5.31. The summed E-state index contributed by atoms with van der Waals surface area (Å²) in [5.74, 6) is -10.1. The van der Waals surface area contributed by atoms with Crippen molar-refractivity contribution in [2.75, 3.05) is 13.3 Å². The molecule has 8 heteroatoms. The molecule has 0 unspecified atom stereocenters. The summed E-state index contributed by atoms with van der Waals surface area (Å²) >= 11 is 0. The largest absolute Gasteiger partial charge is 0.410 e. The first-order valence-corrected chi connectivity index (χ1v) is 7.86. The molecule has 102 valence electrons. The molecule has 1 rings (SSSR count). The number of alkyl halides is 1. The van der Waals surface area contributed by atoms with Crippen LogP contribution in [0.2, 0.25) is 13.1 Å². The van der Waals surface area contributed by atoms with Crippen LogP contribution in [-0.4, -0.2) is 21.6 Å². The van der Waals surface area contributed by atoms with Crippen LogP contribution in [-0.2, 0) is 4.43 Å². The summed E-state index contributed by atoms with van der Waals surface area (Å²) in [5, 5.41) is -0.979. The van der Waals surface area contributed by atoms with Gasteiger partial charge in [-0.3, -0.25) is 0 Å². The Kier molecular flexibility index (Phi) is 4.44. The van der Waals surface area contributed by atoms with Gasteiger partial charge in [-0.25, -0.2) is 26.3 Å². The summed E-state index contributed by atoms with van der Waals surface area (Å²) in [5.41, 5.74) is 0. The first-order valence-electron chi connectivity index (χ1n) is 4.95. The molecule has 0 saturated carbocycles. The molecule has 0 saturated heterocycles. The highest BCUT2D eigenvalue weighted by atomic mass is 28.4. The quantitative estimate of drug-likeness (QED) is 0.358. The van der Waals surface area contributed by atoms with Gasteiger partial charge in [-0.2, -0.15) is 0 Å². The smallest absolute Gasteiger partial charge is 0.224 e. The molecule has 0 heterocycles. The van der Waals surface area contributed by atoms with Gasteiger partial charge in [-0.15, -0.1) is 0 Å². The molecule has 0 aliphatic heterocycles. The lowest BCUT2D eigenvalue weighted by Gasteiger charge is -2.24. The van der Waals surface area contributed by atoms with Gasteiger partial charge >= 0.3 is 0 Å². The molecule has 18 heavy (non-hydrogen) atoms. The van der Waals surface area contributed by atoms with Crippen molar-refractivity contribution in [2.24, 2.45) is 0 Å². The maximum absolute atomic E-state index is 13.5. The minimum absolute atomic E-state index is 0.460. The molecule has 0 bridgehead atoms. The monoisotopic (exact) mass is 288 g/mol. The maximum Gasteiger partial charge on any atom is 0.224 e. The minimum atomic E-state index is -3.41. The summed E-state index contributed by atoms with van der Waals surface area (Å²) in [6.07, 6.45) is 0. The van der Waals surface area contributed by atoms with Crippen LogP contribution < -0.4 is 5.19 Å².